The number of carbonyl (C=O) groups excluding carboxylic acids is 1. The van der Waals surface area contributed by atoms with E-state index in [9.17, 15) is 9.59 Å². The Morgan fingerprint density at radius 3 is 1.54 bits per heavy atom. The predicted molar refractivity (Wildman–Crippen MR) is 117 cm³/mol. The Hall–Kier alpha value is -1.79. The number of guanidine groups is 1. The Bertz CT molecular complexity index is 410. The number of unbranched alkanes of at least 4 members (excludes halogenated alkanes) is 11. The molecule has 166 valence electrons. The lowest BCUT2D eigenvalue weighted by molar-refractivity contribution is -0.138. The van der Waals surface area contributed by atoms with Crippen LogP contribution in [0.4, 0.5) is 0 Å². The first kappa shape index (κ1) is 28.4. The van der Waals surface area contributed by atoms with Gasteiger partial charge in [-0.05, 0) is 12.8 Å². The van der Waals surface area contributed by atoms with Gasteiger partial charge in [-0.2, -0.15) is 0 Å². The maximum Gasteiger partial charge on any atom is 0.328 e. The van der Waals surface area contributed by atoms with Gasteiger partial charge in [-0.25, -0.2) is 9.79 Å². The average Bonchev–Trinajstić information content (AvgIpc) is 2.63. The summed E-state index contributed by atoms with van der Waals surface area (Å²) in [7, 11) is 0. The van der Waals surface area contributed by atoms with Gasteiger partial charge >= 0.3 is 5.97 Å². The SMILES string of the molecule is CCCCC(N=C(N)N)C(=O)O.CCCCCCCCCCCCCC(N)=O. The molecule has 0 heterocycles. The summed E-state index contributed by atoms with van der Waals surface area (Å²) in [6.07, 6.45) is 17.2. The fourth-order valence-corrected chi connectivity index (χ4v) is 2.78. The Morgan fingerprint density at radius 2 is 1.18 bits per heavy atom. The highest BCUT2D eigenvalue weighted by Gasteiger charge is 2.14. The van der Waals surface area contributed by atoms with Crippen molar-refractivity contribution in [2.45, 2.75) is 116 Å². The number of carbonyl (C=O) groups is 2. The Morgan fingerprint density at radius 1 is 0.750 bits per heavy atom. The summed E-state index contributed by atoms with van der Waals surface area (Å²) in [5.74, 6) is -1.30. The molecule has 0 saturated heterocycles. The van der Waals surface area contributed by atoms with Crippen LogP contribution in [0.5, 0.6) is 0 Å². The number of carboxylic acids is 1. The van der Waals surface area contributed by atoms with Gasteiger partial charge < -0.3 is 22.3 Å². The quantitative estimate of drug-likeness (QED) is 0.165. The maximum absolute atomic E-state index is 10.5. The summed E-state index contributed by atoms with van der Waals surface area (Å²) in [4.78, 5) is 24.6. The lowest BCUT2D eigenvalue weighted by atomic mass is 10.1. The van der Waals surface area contributed by atoms with E-state index in [1.807, 2.05) is 6.92 Å². The number of rotatable bonds is 17. The number of amides is 1. The highest BCUT2D eigenvalue weighted by Crippen LogP contribution is 2.11. The minimum Gasteiger partial charge on any atom is -0.480 e. The van der Waals surface area contributed by atoms with Gasteiger partial charge in [-0.3, -0.25) is 4.79 Å². The monoisotopic (exact) mass is 400 g/mol. The van der Waals surface area contributed by atoms with Gasteiger partial charge in [0.2, 0.25) is 5.91 Å². The van der Waals surface area contributed by atoms with Crippen LogP contribution in [0.2, 0.25) is 0 Å². The minimum atomic E-state index is -0.975. The van der Waals surface area contributed by atoms with Gasteiger partial charge in [0.25, 0.3) is 0 Å². The first-order chi connectivity index (χ1) is 13.3. The molecule has 28 heavy (non-hydrogen) atoms. The van der Waals surface area contributed by atoms with Crippen molar-refractivity contribution in [1.29, 1.82) is 0 Å². The zero-order valence-electron chi connectivity index (χ0n) is 18.1. The number of nitrogens with two attached hydrogens (primary N) is 3. The van der Waals surface area contributed by atoms with Crippen LogP contribution in [-0.4, -0.2) is 29.0 Å². The van der Waals surface area contributed by atoms with Crippen molar-refractivity contribution in [3.05, 3.63) is 0 Å². The van der Waals surface area contributed by atoms with Gasteiger partial charge in [0.15, 0.2) is 12.0 Å². The van der Waals surface area contributed by atoms with Crippen LogP contribution in [0.25, 0.3) is 0 Å². The fraction of sp³-hybridized carbons (Fsp3) is 0.857. The van der Waals surface area contributed by atoms with E-state index in [1.54, 1.807) is 0 Å². The van der Waals surface area contributed by atoms with E-state index in [2.05, 4.69) is 11.9 Å². The van der Waals surface area contributed by atoms with Crippen molar-refractivity contribution >= 4 is 17.8 Å². The molecule has 0 aromatic rings. The topological polar surface area (TPSA) is 145 Å². The lowest BCUT2D eigenvalue weighted by Gasteiger charge is -2.05. The molecule has 0 rings (SSSR count). The zero-order valence-corrected chi connectivity index (χ0v) is 18.1. The number of primary amides is 1. The molecule has 0 aliphatic carbocycles. The molecule has 7 N–H and O–H groups in total. The second kappa shape index (κ2) is 21.5. The second-order valence-electron chi connectivity index (χ2n) is 7.30. The normalized spacial score (nSPS) is 11.2. The molecule has 0 aromatic carbocycles. The van der Waals surface area contributed by atoms with Crippen molar-refractivity contribution < 1.29 is 14.7 Å². The Labute approximate surface area is 171 Å². The van der Waals surface area contributed by atoms with E-state index in [0.29, 0.717) is 12.8 Å². The molecule has 7 heteroatoms. The van der Waals surface area contributed by atoms with Crippen molar-refractivity contribution in [2.75, 3.05) is 0 Å². The summed E-state index contributed by atoms with van der Waals surface area (Å²) in [6, 6.07) is -0.782. The summed E-state index contributed by atoms with van der Waals surface area (Å²) < 4.78 is 0. The molecule has 0 bridgehead atoms. The van der Waals surface area contributed by atoms with Crippen LogP contribution in [-0.2, 0) is 9.59 Å². The van der Waals surface area contributed by atoms with Gasteiger partial charge in [0.1, 0.15) is 0 Å². The van der Waals surface area contributed by atoms with Crippen molar-refractivity contribution in [1.82, 2.24) is 0 Å². The number of carboxylic acid groups (broad SMARTS) is 1. The highest BCUT2D eigenvalue weighted by atomic mass is 16.4. The molecular weight excluding hydrogens is 356 g/mol. The van der Waals surface area contributed by atoms with E-state index in [4.69, 9.17) is 22.3 Å². The van der Waals surface area contributed by atoms with Crippen LogP contribution in [0, 0.1) is 0 Å². The molecule has 1 amide bonds. The molecule has 0 aliphatic heterocycles. The van der Waals surface area contributed by atoms with Crippen LogP contribution >= 0.6 is 0 Å². The summed E-state index contributed by atoms with van der Waals surface area (Å²) >= 11 is 0. The third-order valence-corrected chi connectivity index (χ3v) is 4.45. The molecular formula is C21H44N4O3. The summed E-state index contributed by atoms with van der Waals surface area (Å²) in [5.41, 5.74) is 15.2. The second-order valence-corrected chi connectivity index (χ2v) is 7.30. The van der Waals surface area contributed by atoms with Crippen LogP contribution in [0.1, 0.15) is 110 Å². The van der Waals surface area contributed by atoms with Gasteiger partial charge in [-0.15, -0.1) is 0 Å². The summed E-state index contributed by atoms with van der Waals surface area (Å²) in [5, 5.41) is 8.63. The molecule has 0 spiro atoms. The number of hydrogen-bond donors (Lipinski definition) is 4. The predicted octanol–water partition coefficient (Wildman–Crippen LogP) is 4.08. The molecule has 1 atom stereocenters. The number of hydrogen-bond acceptors (Lipinski definition) is 3. The van der Waals surface area contributed by atoms with E-state index >= 15 is 0 Å². The van der Waals surface area contributed by atoms with Crippen molar-refractivity contribution in [3.8, 4) is 0 Å². The van der Waals surface area contributed by atoms with Crippen molar-refractivity contribution in [3.63, 3.8) is 0 Å². The molecule has 1 unspecified atom stereocenters. The number of aliphatic imine (C=N–C) groups is 1. The average molecular weight is 401 g/mol. The van der Waals surface area contributed by atoms with Gasteiger partial charge in [-0.1, -0.05) is 90.9 Å². The first-order valence-corrected chi connectivity index (χ1v) is 10.9. The molecule has 0 fully saturated rings. The van der Waals surface area contributed by atoms with Crippen molar-refractivity contribution in [2.24, 2.45) is 22.2 Å². The Balaban J connectivity index is 0. The van der Waals surface area contributed by atoms with Crippen LogP contribution < -0.4 is 17.2 Å². The maximum atomic E-state index is 10.5. The molecule has 0 radical (unpaired) electrons. The van der Waals surface area contributed by atoms with E-state index in [-0.39, 0.29) is 11.9 Å². The standard InChI is InChI=1S/C14H29NO.C7H15N3O2/c1-2-3-4-5-6-7-8-9-10-11-12-13-14(15)16;1-2-3-4-5(6(11)12)10-7(8)9/h2-13H2,1H3,(H2,15,16);5H,2-4H2,1H3,(H,11,12)(H4,8,9,10). The minimum absolute atomic E-state index is 0.157. The van der Waals surface area contributed by atoms with Crippen LogP contribution in [0.15, 0.2) is 4.99 Å². The number of aliphatic carboxylic acids is 1. The van der Waals surface area contributed by atoms with E-state index < -0.39 is 12.0 Å². The fourth-order valence-electron chi connectivity index (χ4n) is 2.78. The molecule has 0 saturated carbocycles. The van der Waals surface area contributed by atoms with E-state index in [0.717, 1.165) is 19.3 Å². The smallest absolute Gasteiger partial charge is 0.328 e. The summed E-state index contributed by atoms with van der Waals surface area (Å²) in [6.45, 7) is 4.24. The largest absolute Gasteiger partial charge is 0.480 e. The third-order valence-electron chi connectivity index (χ3n) is 4.45. The van der Waals surface area contributed by atoms with Crippen LogP contribution in [0.3, 0.4) is 0 Å². The third kappa shape index (κ3) is 24.2. The molecule has 0 aromatic heterocycles. The highest BCUT2D eigenvalue weighted by molar-refractivity contribution is 5.81. The molecule has 7 nitrogen and oxygen atoms in total. The lowest BCUT2D eigenvalue weighted by Crippen LogP contribution is -2.28. The Kier molecular flexibility index (Phi) is 21.8. The van der Waals surface area contributed by atoms with Gasteiger partial charge in [0, 0.05) is 6.42 Å². The zero-order chi connectivity index (χ0) is 21.6. The van der Waals surface area contributed by atoms with Gasteiger partial charge in [0.05, 0.1) is 0 Å². The molecule has 0 aliphatic rings. The van der Waals surface area contributed by atoms with E-state index in [1.165, 1.54) is 64.2 Å². The number of nitrogens with zero attached hydrogens (tertiary/aromatic N) is 1. The first-order valence-electron chi connectivity index (χ1n) is 10.9.